The van der Waals surface area contributed by atoms with Gasteiger partial charge in [0.05, 0.1) is 0 Å². The van der Waals surface area contributed by atoms with Crippen LogP contribution in [0.1, 0.15) is 56.4 Å². The summed E-state index contributed by atoms with van der Waals surface area (Å²) < 4.78 is 0. The monoisotopic (exact) mass is 220 g/mol. The summed E-state index contributed by atoms with van der Waals surface area (Å²) in [6.45, 7) is 15.4. The second-order valence-corrected chi connectivity index (χ2v) is 5.03. The molecule has 0 aliphatic carbocycles. The topological polar surface area (TPSA) is 0 Å². The first kappa shape index (κ1) is 15.2. The smallest absolute Gasteiger partial charge is 0.0302 e. The van der Waals surface area contributed by atoms with Crippen LogP contribution in [0.25, 0.3) is 0 Å². The largest absolute Gasteiger partial charge is 0.0651 e. The molecule has 0 saturated carbocycles. The van der Waals surface area contributed by atoms with Gasteiger partial charge in [-0.15, -0.1) is 0 Å². The van der Waals surface area contributed by atoms with Gasteiger partial charge in [-0.1, -0.05) is 51.8 Å². The molecule has 0 aliphatic heterocycles. The summed E-state index contributed by atoms with van der Waals surface area (Å²) in [6, 6.07) is 4.51. The highest BCUT2D eigenvalue weighted by Gasteiger charge is 1.99. The fraction of sp³-hybridized carbons (Fsp3) is 0.625. The third kappa shape index (κ3) is 5.34. The Kier molecular flexibility index (Phi) is 7.12. The predicted molar refractivity (Wildman–Crippen MR) is 75.2 cm³/mol. The van der Waals surface area contributed by atoms with E-state index in [9.17, 15) is 0 Å². The third-order valence-electron chi connectivity index (χ3n) is 3.01. The molecule has 0 spiro atoms. The summed E-state index contributed by atoms with van der Waals surface area (Å²) in [5.74, 6) is 0.884. The molecule has 92 valence electrons. The number of benzene rings is 1. The maximum absolute atomic E-state index is 2.26. The average Bonchev–Trinajstić information content (AvgIpc) is 2.17. The van der Waals surface area contributed by atoms with E-state index in [1.807, 2.05) is 0 Å². The van der Waals surface area contributed by atoms with E-state index in [2.05, 4.69) is 60.6 Å². The summed E-state index contributed by atoms with van der Waals surface area (Å²) in [5, 5.41) is 0. The third-order valence-corrected chi connectivity index (χ3v) is 3.01. The van der Waals surface area contributed by atoms with Crippen LogP contribution in [0.15, 0.2) is 12.1 Å². The molecule has 0 heteroatoms. The van der Waals surface area contributed by atoms with E-state index in [4.69, 9.17) is 0 Å². The van der Waals surface area contributed by atoms with Crippen molar-refractivity contribution in [3.63, 3.8) is 0 Å². The van der Waals surface area contributed by atoms with Gasteiger partial charge < -0.3 is 0 Å². The lowest BCUT2D eigenvalue weighted by atomic mass is 9.98. The lowest BCUT2D eigenvalue weighted by Crippen LogP contribution is -1.92. The molecular formula is C16H28. The number of hydrogen-bond donors (Lipinski definition) is 0. The zero-order valence-electron chi connectivity index (χ0n) is 12.1. The van der Waals surface area contributed by atoms with Crippen molar-refractivity contribution < 1.29 is 0 Å². The molecule has 0 unspecified atom stereocenters. The van der Waals surface area contributed by atoms with Crippen LogP contribution in [0, 0.1) is 26.7 Å². The van der Waals surface area contributed by atoms with Crippen molar-refractivity contribution in [2.75, 3.05) is 0 Å². The standard InChI is InChI=1S/C11H16.C5H12/c1-5-11-9(3)6-8(2)7-10(11)4;1-4-5(2)3/h6-7H,5H2,1-4H3;5H,4H2,1-3H3. The Bertz CT molecular complexity index is 285. The van der Waals surface area contributed by atoms with Crippen LogP contribution in [-0.4, -0.2) is 0 Å². The van der Waals surface area contributed by atoms with Crippen molar-refractivity contribution in [1.82, 2.24) is 0 Å². The Balaban J connectivity index is 0.000000385. The maximum Gasteiger partial charge on any atom is -0.0302 e. The fourth-order valence-electron chi connectivity index (χ4n) is 1.77. The van der Waals surface area contributed by atoms with E-state index in [1.54, 1.807) is 0 Å². The van der Waals surface area contributed by atoms with E-state index >= 15 is 0 Å². The molecular weight excluding hydrogens is 192 g/mol. The van der Waals surface area contributed by atoms with Gasteiger partial charge in [-0.25, -0.2) is 0 Å². The SMILES string of the molecule is CCC(C)C.CCc1c(C)cc(C)cc1C. The van der Waals surface area contributed by atoms with Crippen molar-refractivity contribution in [3.05, 3.63) is 34.4 Å². The number of rotatable bonds is 2. The van der Waals surface area contributed by atoms with Gasteiger partial charge in [0, 0.05) is 0 Å². The zero-order valence-corrected chi connectivity index (χ0v) is 12.1. The van der Waals surface area contributed by atoms with E-state index in [0.29, 0.717) is 0 Å². The molecule has 0 N–H and O–H groups in total. The van der Waals surface area contributed by atoms with Crippen LogP contribution in [0.5, 0.6) is 0 Å². The molecule has 0 heterocycles. The van der Waals surface area contributed by atoms with Crippen molar-refractivity contribution >= 4 is 0 Å². The Morgan fingerprint density at radius 2 is 1.31 bits per heavy atom. The highest BCUT2D eigenvalue weighted by Crippen LogP contribution is 2.16. The molecule has 1 aromatic carbocycles. The van der Waals surface area contributed by atoms with E-state index in [0.717, 1.165) is 12.3 Å². The van der Waals surface area contributed by atoms with Crippen LogP contribution in [-0.2, 0) is 6.42 Å². The zero-order chi connectivity index (χ0) is 12.7. The summed E-state index contributed by atoms with van der Waals surface area (Å²) >= 11 is 0. The molecule has 0 aromatic heterocycles. The second-order valence-electron chi connectivity index (χ2n) is 5.03. The van der Waals surface area contributed by atoms with Gasteiger partial charge in [0.2, 0.25) is 0 Å². The summed E-state index contributed by atoms with van der Waals surface area (Å²) in [7, 11) is 0. The van der Waals surface area contributed by atoms with Gasteiger partial charge in [0.25, 0.3) is 0 Å². The summed E-state index contributed by atoms with van der Waals surface area (Å²) in [4.78, 5) is 0. The molecule has 1 aromatic rings. The second kappa shape index (κ2) is 7.49. The van der Waals surface area contributed by atoms with Crippen molar-refractivity contribution in [2.45, 2.75) is 61.3 Å². The Morgan fingerprint density at radius 1 is 0.938 bits per heavy atom. The first-order valence-corrected chi connectivity index (χ1v) is 6.49. The van der Waals surface area contributed by atoms with Gasteiger partial charge in [-0.3, -0.25) is 0 Å². The van der Waals surface area contributed by atoms with Gasteiger partial charge in [-0.2, -0.15) is 0 Å². The normalized spacial score (nSPS) is 10.0. The quantitative estimate of drug-likeness (QED) is 0.640. The molecule has 0 radical (unpaired) electrons. The minimum Gasteiger partial charge on any atom is -0.0651 e. The van der Waals surface area contributed by atoms with E-state index in [1.165, 1.54) is 28.7 Å². The highest BCUT2D eigenvalue weighted by molar-refractivity contribution is 5.37. The molecule has 0 bridgehead atoms. The minimum absolute atomic E-state index is 0.884. The Morgan fingerprint density at radius 3 is 1.56 bits per heavy atom. The van der Waals surface area contributed by atoms with Gasteiger partial charge in [0.1, 0.15) is 0 Å². The Labute approximate surface area is 102 Å². The maximum atomic E-state index is 2.26. The first-order valence-electron chi connectivity index (χ1n) is 6.49. The molecule has 0 fully saturated rings. The fourth-order valence-corrected chi connectivity index (χ4v) is 1.77. The van der Waals surface area contributed by atoms with Crippen LogP contribution < -0.4 is 0 Å². The van der Waals surface area contributed by atoms with Crippen LogP contribution in [0.2, 0.25) is 0 Å². The number of aryl methyl sites for hydroxylation is 3. The molecule has 0 saturated heterocycles. The van der Waals surface area contributed by atoms with Gasteiger partial charge in [-0.05, 0) is 49.8 Å². The summed E-state index contributed by atoms with van der Waals surface area (Å²) in [5.41, 5.74) is 5.75. The van der Waals surface area contributed by atoms with Crippen LogP contribution >= 0.6 is 0 Å². The lowest BCUT2D eigenvalue weighted by molar-refractivity contribution is 0.626. The molecule has 16 heavy (non-hydrogen) atoms. The molecule has 0 amide bonds. The van der Waals surface area contributed by atoms with Gasteiger partial charge >= 0.3 is 0 Å². The van der Waals surface area contributed by atoms with Crippen LogP contribution in [0.4, 0.5) is 0 Å². The lowest BCUT2D eigenvalue weighted by Gasteiger charge is -2.08. The first-order chi connectivity index (χ1) is 7.42. The summed E-state index contributed by atoms with van der Waals surface area (Å²) in [6.07, 6.45) is 2.46. The Hall–Kier alpha value is -0.780. The molecule has 0 aliphatic rings. The van der Waals surface area contributed by atoms with Crippen molar-refractivity contribution in [3.8, 4) is 0 Å². The predicted octanol–water partition coefficient (Wildman–Crippen LogP) is 5.23. The number of hydrogen-bond acceptors (Lipinski definition) is 0. The molecule has 0 atom stereocenters. The van der Waals surface area contributed by atoms with Crippen LogP contribution in [0.3, 0.4) is 0 Å². The van der Waals surface area contributed by atoms with Crippen molar-refractivity contribution in [2.24, 2.45) is 5.92 Å². The van der Waals surface area contributed by atoms with E-state index in [-0.39, 0.29) is 0 Å². The van der Waals surface area contributed by atoms with E-state index < -0.39 is 0 Å². The minimum atomic E-state index is 0.884. The molecule has 1 rings (SSSR count). The van der Waals surface area contributed by atoms with Gasteiger partial charge in [0.15, 0.2) is 0 Å². The van der Waals surface area contributed by atoms with Crippen molar-refractivity contribution in [1.29, 1.82) is 0 Å². The average molecular weight is 220 g/mol. The molecule has 0 nitrogen and oxygen atoms in total. The highest BCUT2D eigenvalue weighted by atomic mass is 14.0.